The van der Waals surface area contributed by atoms with Crippen LogP contribution in [0.1, 0.15) is 65.9 Å². The van der Waals surface area contributed by atoms with Gasteiger partial charge in [-0.3, -0.25) is 4.21 Å². The average Bonchev–Trinajstić information content (AvgIpc) is 3.00. The van der Waals surface area contributed by atoms with Crippen LogP contribution in [0.15, 0.2) is 30.3 Å². The third-order valence-electron chi connectivity index (χ3n) is 6.46. The van der Waals surface area contributed by atoms with Crippen LogP contribution in [0.5, 0.6) is 0 Å². The molecule has 2 fully saturated rings. The van der Waals surface area contributed by atoms with Crippen molar-refractivity contribution >= 4 is 20.8 Å². The highest BCUT2D eigenvalue weighted by atomic mass is 32.2. The van der Waals surface area contributed by atoms with Crippen molar-refractivity contribution in [2.75, 3.05) is 18.1 Å². The van der Waals surface area contributed by atoms with Gasteiger partial charge in [-0.1, -0.05) is 44.2 Å². The quantitative estimate of drug-likeness (QED) is 0.624. The number of nitrogens with zero attached hydrogens (tertiary/aromatic N) is 1. The maximum absolute atomic E-state index is 13.0. The zero-order valence-corrected chi connectivity index (χ0v) is 21.6. The summed E-state index contributed by atoms with van der Waals surface area (Å²) in [5.41, 5.74) is 6.82. The van der Waals surface area contributed by atoms with Crippen molar-refractivity contribution in [1.29, 1.82) is 0 Å². The highest BCUT2D eigenvalue weighted by Crippen LogP contribution is 2.44. The minimum absolute atomic E-state index is 0.0339. The Hall–Kier alpha value is -0.760. The highest BCUT2D eigenvalue weighted by molar-refractivity contribution is 7.89. The van der Waals surface area contributed by atoms with E-state index < -0.39 is 20.8 Å². The largest absolute Gasteiger partial charge is 0.329 e. The first kappa shape index (κ1) is 26.5. The number of hydrogen-bond donors (Lipinski definition) is 1. The molecule has 2 bridgehead atoms. The van der Waals surface area contributed by atoms with E-state index in [0.717, 1.165) is 32.1 Å². The third-order valence-corrected chi connectivity index (χ3v) is 10.5. The highest BCUT2D eigenvalue weighted by Gasteiger charge is 2.48. The fraction of sp³-hybridized carbons (Fsp3) is 0.750. The van der Waals surface area contributed by atoms with Gasteiger partial charge in [-0.05, 0) is 70.3 Å². The predicted octanol–water partition coefficient (Wildman–Crippen LogP) is 3.95. The smallest absolute Gasteiger partial charge is 0.215 e. The summed E-state index contributed by atoms with van der Waals surface area (Å²) >= 11 is 0. The van der Waals surface area contributed by atoms with E-state index in [9.17, 15) is 12.6 Å². The lowest BCUT2D eigenvalue weighted by Gasteiger charge is -2.41. The maximum Gasteiger partial charge on any atom is 0.215 e. The van der Waals surface area contributed by atoms with E-state index >= 15 is 0 Å². The molecule has 5 atom stereocenters. The van der Waals surface area contributed by atoms with Gasteiger partial charge in [-0.15, -0.1) is 0 Å². The summed E-state index contributed by atoms with van der Waals surface area (Å²) in [6.07, 6.45) is 4.53. The first-order valence-electron chi connectivity index (χ1n) is 11.8. The number of sulfonamides is 1. The fourth-order valence-corrected chi connectivity index (χ4v) is 8.07. The average molecular weight is 471 g/mol. The summed E-state index contributed by atoms with van der Waals surface area (Å²) in [4.78, 5) is 0. The van der Waals surface area contributed by atoms with Gasteiger partial charge >= 0.3 is 0 Å². The van der Waals surface area contributed by atoms with E-state index in [-0.39, 0.29) is 29.1 Å². The number of benzene rings is 1. The third kappa shape index (κ3) is 6.86. The molecule has 2 N–H and O–H groups in total. The summed E-state index contributed by atoms with van der Waals surface area (Å²) in [5.74, 6) is 1.42. The Balaban J connectivity index is 0.00000166. The van der Waals surface area contributed by atoms with Crippen molar-refractivity contribution in [2.24, 2.45) is 17.6 Å². The number of piperidine rings is 1. The van der Waals surface area contributed by atoms with Crippen molar-refractivity contribution in [1.82, 2.24) is 4.31 Å². The lowest BCUT2D eigenvalue weighted by atomic mass is 9.79. The van der Waals surface area contributed by atoms with Crippen LogP contribution in [0.25, 0.3) is 0 Å². The van der Waals surface area contributed by atoms with Gasteiger partial charge < -0.3 is 5.73 Å². The molecule has 0 saturated carbocycles. The number of fused-ring (bicyclic) bond motifs is 2. The van der Waals surface area contributed by atoms with Crippen LogP contribution in [0, 0.1) is 11.8 Å². The maximum atomic E-state index is 13.0. The molecular weight excluding hydrogens is 428 g/mol. The molecule has 1 unspecified atom stereocenters. The summed E-state index contributed by atoms with van der Waals surface area (Å²) in [6.45, 7) is 10.3. The molecule has 3 rings (SSSR count). The molecule has 2 aliphatic heterocycles. The second kappa shape index (κ2) is 11.4. The number of hydrogen-bond acceptors (Lipinski definition) is 4. The van der Waals surface area contributed by atoms with Gasteiger partial charge in [-0.2, -0.15) is 4.31 Å². The van der Waals surface area contributed by atoms with Crippen LogP contribution in [0.2, 0.25) is 0 Å². The Bertz CT molecular complexity index is 792. The molecule has 178 valence electrons. The summed E-state index contributed by atoms with van der Waals surface area (Å²) in [7, 11) is -4.20. The van der Waals surface area contributed by atoms with Crippen LogP contribution in [-0.4, -0.2) is 51.8 Å². The Morgan fingerprint density at radius 3 is 2.13 bits per heavy atom. The Morgan fingerprint density at radius 1 is 1.10 bits per heavy atom. The molecule has 0 aromatic heterocycles. The molecule has 1 aromatic rings. The minimum atomic E-state index is -3.28. The van der Waals surface area contributed by atoms with Gasteiger partial charge in [-0.25, -0.2) is 8.42 Å². The molecule has 1 aromatic carbocycles. The van der Waals surface area contributed by atoms with Gasteiger partial charge in [0.25, 0.3) is 0 Å². The zero-order valence-electron chi connectivity index (χ0n) is 19.9. The number of nitrogens with two attached hydrogens (primary N) is 1. The second-order valence-electron chi connectivity index (χ2n) is 9.63. The van der Waals surface area contributed by atoms with E-state index in [1.54, 1.807) is 4.31 Å². The molecular formula is C24H42N2O3S2. The Morgan fingerprint density at radius 2 is 1.65 bits per heavy atom. The van der Waals surface area contributed by atoms with Crippen molar-refractivity contribution in [3.63, 3.8) is 0 Å². The van der Waals surface area contributed by atoms with Crippen LogP contribution in [-0.2, 0) is 27.2 Å². The topological polar surface area (TPSA) is 80.5 Å². The van der Waals surface area contributed by atoms with Gasteiger partial charge in [0, 0.05) is 39.9 Å². The summed E-state index contributed by atoms with van der Waals surface area (Å²) in [5, 5.41) is 0. The van der Waals surface area contributed by atoms with Crippen LogP contribution >= 0.6 is 0 Å². The van der Waals surface area contributed by atoms with Crippen molar-refractivity contribution in [3.8, 4) is 0 Å². The van der Waals surface area contributed by atoms with Crippen molar-refractivity contribution in [2.45, 2.75) is 83.6 Å². The molecule has 2 aliphatic rings. The molecule has 7 heteroatoms. The molecule has 0 spiro atoms. The molecule has 31 heavy (non-hydrogen) atoms. The lowest BCUT2D eigenvalue weighted by molar-refractivity contribution is 0.153. The minimum Gasteiger partial charge on any atom is -0.329 e. The van der Waals surface area contributed by atoms with Gasteiger partial charge in [0.05, 0.1) is 5.75 Å². The molecule has 0 aliphatic carbocycles. The van der Waals surface area contributed by atoms with Gasteiger partial charge in [0.15, 0.2) is 0 Å². The predicted molar refractivity (Wildman–Crippen MR) is 132 cm³/mol. The SMILES string of the molecule is CC.CC(C)(C)[S@](=O)C[C@@H](Cc1ccccc1)C1C[C@H]2CC[C@@H](C1)N2S(=O)(=O)CCN. The molecule has 2 saturated heterocycles. The summed E-state index contributed by atoms with van der Waals surface area (Å²) < 4.78 is 40.0. The summed E-state index contributed by atoms with van der Waals surface area (Å²) in [6, 6.07) is 10.6. The van der Waals surface area contributed by atoms with E-state index in [1.165, 1.54) is 5.56 Å². The number of rotatable bonds is 8. The van der Waals surface area contributed by atoms with E-state index in [2.05, 4.69) is 24.3 Å². The van der Waals surface area contributed by atoms with Crippen LogP contribution < -0.4 is 5.73 Å². The normalized spacial score (nSPS) is 26.1. The molecule has 2 heterocycles. The zero-order chi connectivity index (χ0) is 23.2. The van der Waals surface area contributed by atoms with E-state index in [4.69, 9.17) is 5.73 Å². The monoisotopic (exact) mass is 470 g/mol. The molecule has 5 nitrogen and oxygen atoms in total. The van der Waals surface area contributed by atoms with E-state index in [1.807, 2.05) is 40.7 Å². The molecule has 0 radical (unpaired) electrons. The first-order valence-corrected chi connectivity index (χ1v) is 14.7. The standard InChI is InChI=1S/C22H36N2O3S2.C2H6/c1-22(2,3)28(25)16-19(13-17-7-5-4-6-8-17)18-14-20-9-10-21(15-18)24(20)29(26,27)12-11-23;1-2/h4-8,18-21H,9-16,23H2,1-3H3;1-2H3/t18?,19-,20-,21+,28-;/m1./s1. The van der Waals surface area contributed by atoms with Gasteiger partial charge in [0.1, 0.15) is 0 Å². The second-order valence-corrected chi connectivity index (χ2v) is 13.9. The Labute approximate surface area is 192 Å². The van der Waals surface area contributed by atoms with Crippen molar-refractivity contribution in [3.05, 3.63) is 35.9 Å². The fourth-order valence-electron chi connectivity index (χ4n) is 4.99. The van der Waals surface area contributed by atoms with Crippen LogP contribution in [0.4, 0.5) is 0 Å². The Kier molecular flexibility index (Phi) is 9.74. The van der Waals surface area contributed by atoms with Crippen LogP contribution in [0.3, 0.4) is 0 Å². The van der Waals surface area contributed by atoms with E-state index in [0.29, 0.717) is 17.6 Å². The first-order chi connectivity index (χ1) is 14.6. The molecule has 0 amide bonds. The lowest BCUT2D eigenvalue weighted by Crippen LogP contribution is -2.49. The van der Waals surface area contributed by atoms with Crippen molar-refractivity contribution < 1.29 is 12.6 Å². The van der Waals surface area contributed by atoms with Gasteiger partial charge in [0.2, 0.25) is 10.0 Å².